The number of fused-ring (bicyclic) bond motifs is 1. The molecule has 0 amide bonds. The maximum Gasteiger partial charge on any atom is 0.122 e. The van der Waals surface area contributed by atoms with Crippen molar-refractivity contribution in [2.75, 3.05) is 6.61 Å². The van der Waals surface area contributed by atoms with Gasteiger partial charge in [-0.05, 0) is 36.5 Å². The van der Waals surface area contributed by atoms with E-state index in [1.54, 1.807) is 0 Å². The first-order valence-electron chi connectivity index (χ1n) is 5.47. The van der Waals surface area contributed by atoms with E-state index in [2.05, 4.69) is 18.2 Å². The number of benzene rings is 1. The van der Waals surface area contributed by atoms with Crippen LogP contribution in [0.4, 0.5) is 0 Å². The summed E-state index contributed by atoms with van der Waals surface area (Å²) in [6.45, 7) is 0.808. The molecule has 1 aliphatic heterocycles. The van der Waals surface area contributed by atoms with E-state index in [9.17, 15) is 0 Å². The summed E-state index contributed by atoms with van der Waals surface area (Å²) in [5.74, 6) is 1.03. The van der Waals surface area contributed by atoms with E-state index in [1.807, 2.05) is 6.07 Å². The predicted molar refractivity (Wildman–Crippen MR) is 56.6 cm³/mol. The molecule has 2 heteroatoms. The van der Waals surface area contributed by atoms with E-state index in [1.165, 1.54) is 11.1 Å². The standard InChI is InChI=1S/C13H13NO/c14-9-13(4-5-13)8-10-1-2-12-11(7-10)3-6-15-12/h1-2,7H,3-6,8H2. The van der Waals surface area contributed by atoms with Crippen LogP contribution in [0.2, 0.25) is 0 Å². The molecule has 1 aliphatic carbocycles. The number of ether oxygens (including phenoxy) is 1. The minimum absolute atomic E-state index is 0.0340. The highest BCUT2D eigenvalue weighted by molar-refractivity contribution is 5.40. The lowest BCUT2D eigenvalue weighted by atomic mass is 9.96. The maximum atomic E-state index is 9.04. The van der Waals surface area contributed by atoms with Gasteiger partial charge in [0.2, 0.25) is 0 Å². The molecule has 1 heterocycles. The second-order valence-electron chi connectivity index (χ2n) is 4.61. The van der Waals surface area contributed by atoms with Crippen LogP contribution < -0.4 is 4.74 Å². The van der Waals surface area contributed by atoms with Crippen molar-refractivity contribution in [2.24, 2.45) is 5.41 Å². The molecule has 0 atom stereocenters. The Labute approximate surface area is 89.5 Å². The van der Waals surface area contributed by atoms with Gasteiger partial charge in [-0.15, -0.1) is 0 Å². The van der Waals surface area contributed by atoms with Crippen molar-refractivity contribution in [2.45, 2.75) is 25.7 Å². The molecule has 0 spiro atoms. The number of rotatable bonds is 2. The molecule has 1 saturated carbocycles. The largest absolute Gasteiger partial charge is 0.493 e. The quantitative estimate of drug-likeness (QED) is 0.733. The smallest absolute Gasteiger partial charge is 0.122 e. The van der Waals surface area contributed by atoms with Gasteiger partial charge in [-0.3, -0.25) is 0 Å². The van der Waals surface area contributed by atoms with E-state index >= 15 is 0 Å². The Morgan fingerprint density at radius 1 is 1.40 bits per heavy atom. The third-order valence-corrected chi connectivity index (χ3v) is 3.39. The molecular formula is C13H13NO. The van der Waals surface area contributed by atoms with Crippen LogP contribution >= 0.6 is 0 Å². The highest BCUT2D eigenvalue weighted by Crippen LogP contribution is 2.47. The lowest BCUT2D eigenvalue weighted by Gasteiger charge is -2.07. The minimum atomic E-state index is -0.0340. The van der Waals surface area contributed by atoms with Gasteiger partial charge in [0.1, 0.15) is 5.75 Å². The van der Waals surface area contributed by atoms with Gasteiger partial charge in [-0.1, -0.05) is 12.1 Å². The van der Waals surface area contributed by atoms with Crippen LogP contribution in [-0.4, -0.2) is 6.61 Å². The van der Waals surface area contributed by atoms with Crippen LogP contribution in [0.1, 0.15) is 24.0 Å². The minimum Gasteiger partial charge on any atom is -0.493 e. The van der Waals surface area contributed by atoms with Gasteiger partial charge in [0, 0.05) is 6.42 Å². The Morgan fingerprint density at radius 2 is 2.27 bits per heavy atom. The summed E-state index contributed by atoms with van der Waals surface area (Å²) in [4.78, 5) is 0. The molecule has 1 fully saturated rings. The van der Waals surface area contributed by atoms with Gasteiger partial charge in [0.05, 0.1) is 18.1 Å². The highest BCUT2D eigenvalue weighted by atomic mass is 16.5. The molecule has 0 bridgehead atoms. The summed E-state index contributed by atoms with van der Waals surface area (Å²) < 4.78 is 5.46. The topological polar surface area (TPSA) is 33.0 Å². The van der Waals surface area contributed by atoms with Crippen molar-refractivity contribution < 1.29 is 4.74 Å². The second kappa shape index (κ2) is 3.00. The maximum absolute atomic E-state index is 9.04. The molecule has 1 aromatic carbocycles. The average Bonchev–Trinajstić information content (AvgIpc) is 2.88. The molecule has 0 unspecified atom stereocenters. The SMILES string of the molecule is N#CC1(Cc2ccc3c(c2)CCO3)CC1. The number of nitriles is 1. The Balaban J connectivity index is 1.85. The Morgan fingerprint density at radius 3 is 3.00 bits per heavy atom. The van der Waals surface area contributed by atoms with Gasteiger partial charge >= 0.3 is 0 Å². The van der Waals surface area contributed by atoms with Crippen LogP contribution in [-0.2, 0) is 12.8 Å². The van der Waals surface area contributed by atoms with Crippen LogP contribution in [0.15, 0.2) is 18.2 Å². The molecule has 15 heavy (non-hydrogen) atoms. The third kappa shape index (κ3) is 1.48. The van der Waals surface area contributed by atoms with E-state index in [4.69, 9.17) is 10.00 Å². The predicted octanol–water partition coefficient (Wildman–Crippen LogP) is 2.47. The van der Waals surface area contributed by atoms with Gasteiger partial charge < -0.3 is 4.74 Å². The summed E-state index contributed by atoms with van der Waals surface area (Å²) >= 11 is 0. The summed E-state index contributed by atoms with van der Waals surface area (Å²) in [6.07, 6.45) is 4.06. The van der Waals surface area contributed by atoms with Crippen LogP contribution in [0.5, 0.6) is 5.75 Å². The van der Waals surface area contributed by atoms with Crippen molar-refractivity contribution in [3.8, 4) is 11.8 Å². The monoisotopic (exact) mass is 199 g/mol. The van der Waals surface area contributed by atoms with Crippen LogP contribution in [0.3, 0.4) is 0 Å². The zero-order chi connectivity index (χ0) is 10.3. The number of hydrogen-bond acceptors (Lipinski definition) is 2. The molecular weight excluding hydrogens is 186 g/mol. The molecule has 0 saturated heterocycles. The summed E-state index contributed by atoms with van der Waals surface area (Å²) in [7, 11) is 0. The molecule has 0 aromatic heterocycles. The lowest BCUT2D eigenvalue weighted by molar-refractivity contribution is 0.357. The number of nitrogens with zero attached hydrogens (tertiary/aromatic N) is 1. The lowest BCUT2D eigenvalue weighted by Crippen LogP contribution is -2.01. The second-order valence-corrected chi connectivity index (χ2v) is 4.61. The van der Waals surface area contributed by atoms with Crippen molar-refractivity contribution >= 4 is 0 Å². The third-order valence-electron chi connectivity index (χ3n) is 3.39. The average molecular weight is 199 g/mol. The Hall–Kier alpha value is -1.49. The first-order valence-corrected chi connectivity index (χ1v) is 5.47. The van der Waals surface area contributed by atoms with E-state index < -0.39 is 0 Å². The molecule has 3 rings (SSSR count). The Kier molecular flexibility index (Phi) is 1.76. The zero-order valence-electron chi connectivity index (χ0n) is 8.62. The summed E-state index contributed by atoms with van der Waals surface area (Å²) in [5, 5.41) is 9.04. The van der Waals surface area contributed by atoms with Gasteiger partial charge in [-0.2, -0.15) is 5.26 Å². The van der Waals surface area contributed by atoms with E-state index in [-0.39, 0.29) is 5.41 Å². The molecule has 76 valence electrons. The van der Waals surface area contributed by atoms with Gasteiger partial charge in [0.25, 0.3) is 0 Å². The Bertz CT molecular complexity index is 440. The molecule has 0 N–H and O–H groups in total. The van der Waals surface area contributed by atoms with E-state index in [0.717, 1.165) is 38.0 Å². The van der Waals surface area contributed by atoms with Gasteiger partial charge in [0.15, 0.2) is 0 Å². The number of hydrogen-bond donors (Lipinski definition) is 0. The fourth-order valence-corrected chi connectivity index (χ4v) is 2.22. The normalized spacial score (nSPS) is 20.2. The van der Waals surface area contributed by atoms with Crippen LogP contribution in [0, 0.1) is 16.7 Å². The summed E-state index contributed by atoms with van der Waals surface area (Å²) in [5.41, 5.74) is 2.56. The van der Waals surface area contributed by atoms with Crippen LogP contribution in [0.25, 0.3) is 0 Å². The van der Waals surface area contributed by atoms with E-state index in [0.29, 0.717) is 0 Å². The fraction of sp³-hybridized carbons (Fsp3) is 0.462. The first kappa shape index (κ1) is 8.79. The molecule has 2 aliphatic rings. The van der Waals surface area contributed by atoms with Crippen molar-refractivity contribution in [1.82, 2.24) is 0 Å². The first-order chi connectivity index (χ1) is 7.31. The fourth-order valence-electron chi connectivity index (χ4n) is 2.22. The van der Waals surface area contributed by atoms with Crippen molar-refractivity contribution in [3.05, 3.63) is 29.3 Å². The van der Waals surface area contributed by atoms with Crippen molar-refractivity contribution in [3.63, 3.8) is 0 Å². The molecule has 2 nitrogen and oxygen atoms in total. The highest BCUT2D eigenvalue weighted by Gasteiger charge is 2.43. The molecule has 0 radical (unpaired) electrons. The zero-order valence-corrected chi connectivity index (χ0v) is 8.62. The molecule has 1 aromatic rings. The van der Waals surface area contributed by atoms with Crippen molar-refractivity contribution in [1.29, 1.82) is 5.26 Å². The van der Waals surface area contributed by atoms with Gasteiger partial charge in [-0.25, -0.2) is 0 Å². The summed E-state index contributed by atoms with van der Waals surface area (Å²) in [6, 6.07) is 8.79.